The van der Waals surface area contributed by atoms with Crippen molar-refractivity contribution in [2.45, 2.75) is 238 Å². The summed E-state index contributed by atoms with van der Waals surface area (Å²) >= 11 is 0. The van der Waals surface area contributed by atoms with Gasteiger partial charge in [0.1, 0.15) is 13.2 Å². The van der Waals surface area contributed by atoms with Crippen molar-refractivity contribution >= 4 is 13.7 Å². The largest absolute Gasteiger partial charge is 0.472 e. The van der Waals surface area contributed by atoms with Crippen molar-refractivity contribution in [3.8, 4) is 0 Å². The number of hydrogen-bond acceptors (Lipinski definition) is 5. The van der Waals surface area contributed by atoms with Gasteiger partial charge in [0, 0.05) is 6.42 Å². The van der Waals surface area contributed by atoms with Gasteiger partial charge in [-0.1, -0.05) is 217 Å². The maximum atomic E-state index is 12.7. The first kappa shape index (κ1) is 59.5. The summed E-state index contributed by atoms with van der Waals surface area (Å²) in [6.07, 6.45) is 57.2. The van der Waals surface area contributed by atoms with E-state index in [9.17, 15) is 19.4 Å². The van der Waals surface area contributed by atoms with Gasteiger partial charge in [-0.3, -0.25) is 13.8 Å². The maximum Gasteiger partial charge on any atom is 0.472 e. The minimum atomic E-state index is -4.32. The first-order chi connectivity index (χ1) is 29.5. The Morgan fingerprint density at radius 1 is 0.557 bits per heavy atom. The molecule has 0 aliphatic carbocycles. The van der Waals surface area contributed by atoms with Crippen LogP contribution in [0.4, 0.5) is 0 Å². The Hall–Kier alpha value is -1.54. The number of nitrogens with zero attached hydrogens (tertiary/aromatic N) is 1. The number of unbranched alkanes of at least 4 members (excludes halogenated alkanes) is 27. The van der Waals surface area contributed by atoms with Crippen LogP contribution < -0.4 is 5.32 Å². The van der Waals surface area contributed by atoms with Gasteiger partial charge in [-0.2, -0.15) is 0 Å². The highest BCUT2D eigenvalue weighted by Crippen LogP contribution is 2.43. The van der Waals surface area contributed by atoms with E-state index in [-0.39, 0.29) is 19.1 Å². The number of nitrogens with one attached hydrogen (secondary N) is 1. The summed E-state index contributed by atoms with van der Waals surface area (Å²) in [5.41, 5.74) is 0. The van der Waals surface area contributed by atoms with Crippen LogP contribution in [0.15, 0.2) is 48.6 Å². The lowest BCUT2D eigenvalue weighted by Crippen LogP contribution is -2.45. The van der Waals surface area contributed by atoms with E-state index in [2.05, 4.69) is 55.6 Å². The highest BCUT2D eigenvalue weighted by molar-refractivity contribution is 7.47. The minimum absolute atomic E-state index is 0.0605. The summed E-state index contributed by atoms with van der Waals surface area (Å²) in [4.78, 5) is 22.9. The van der Waals surface area contributed by atoms with Crippen LogP contribution in [0.2, 0.25) is 0 Å². The Bertz CT molecular complexity index is 1130. The van der Waals surface area contributed by atoms with E-state index in [0.29, 0.717) is 17.4 Å². The van der Waals surface area contributed by atoms with Gasteiger partial charge in [0.25, 0.3) is 0 Å². The zero-order valence-electron chi connectivity index (χ0n) is 40.7. The monoisotopic (exact) mass is 880 g/mol. The van der Waals surface area contributed by atoms with E-state index in [0.717, 1.165) is 51.4 Å². The summed E-state index contributed by atoms with van der Waals surface area (Å²) in [6.45, 7) is 4.65. The molecule has 0 heterocycles. The molecule has 0 spiro atoms. The molecule has 3 atom stereocenters. The molecule has 0 rings (SSSR count). The average molecular weight is 880 g/mol. The van der Waals surface area contributed by atoms with Crippen molar-refractivity contribution < 1.29 is 32.9 Å². The third-order valence-corrected chi connectivity index (χ3v) is 12.3. The molecule has 61 heavy (non-hydrogen) atoms. The Morgan fingerprint density at radius 3 is 1.39 bits per heavy atom. The fraction of sp³-hybridized carbons (Fsp3) is 0.827. The number of carbonyl (C=O) groups is 1. The fourth-order valence-corrected chi connectivity index (χ4v) is 7.95. The van der Waals surface area contributed by atoms with E-state index in [1.807, 2.05) is 27.2 Å². The van der Waals surface area contributed by atoms with Crippen LogP contribution in [0.1, 0.15) is 226 Å². The van der Waals surface area contributed by atoms with Gasteiger partial charge in [-0.15, -0.1) is 0 Å². The van der Waals surface area contributed by atoms with Crippen LogP contribution in [0.25, 0.3) is 0 Å². The number of phosphoric acid groups is 1. The number of amides is 1. The number of phosphoric ester groups is 1. The van der Waals surface area contributed by atoms with Gasteiger partial charge in [0.2, 0.25) is 5.91 Å². The van der Waals surface area contributed by atoms with Crippen molar-refractivity contribution in [2.24, 2.45) is 0 Å². The van der Waals surface area contributed by atoms with Crippen LogP contribution in [0.5, 0.6) is 0 Å². The topological polar surface area (TPSA) is 105 Å². The first-order valence-electron chi connectivity index (χ1n) is 25.5. The second-order valence-electron chi connectivity index (χ2n) is 18.5. The molecule has 3 N–H and O–H groups in total. The molecule has 0 fully saturated rings. The smallest absolute Gasteiger partial charge is 0.387 e. The summed E-state index contributed by atoms with van der Waals surface area (Å²) in [7, 11) is 1.57. The second kappa shape index (κ2) is 43.7. The van der Waals surface area contributed by atoms with Crippen LogP contribution >= 0.6 is 7.82 Å². The number of quaternary nitrogens is 1. The van der Waals surface area contributed by atoms with E-state index in [1.54, 1.807) is 6.08 Å². The van der Waals surface area contributed by atoms with Crippen LogP contribution in [-0.2, 0) is 18.4 Å². The average Bonchev–Trinajstić information content (AvgIpc) is 3.21. The number of allylic oxidation sites excluding steroid dienone is 7. The molecule has 3 unspecified atom stereocenters. The molecule has 0 aliphatic heterocycles. The maximum absolute atomic E-state index is 12.7. The fourth-order valence-electron chi connectivity index (χ4n) is 7.21. The predicted molar refractivity (Wildman–Crippen MR) is 263 cm³/mol. The molecule has 0 aromatic carbocycles. The molecule has 358 valence electrons. The van der Waals surface area contributed by atoms with E-state index < -0.39 is 20.0 Å². The summed E-state index contributed by atoms with van der Waals surface area (Å²) in [5, 5.41) is 13.6. The lowest BCUT2D eigenvalue weighted by Gasteiger charge is -2.25. The van der Waals surface area contributed by atoms with Gasteiger partial charge in [-0.05, 0) is 51.4 Å². The van der Waals surface area contributed by atoms with E-state index in [4.69, 9.17) is 9.05 Å². The van der Waals surface area contributed by atoms with Crippen molar-refractivity contribution in [1.82, 2.24) is 5.32 Å². The van der Waals surface area contributed by atoms with Gasteiger partial charge in [-0.25, -0.2) is 4.57 Å². The second-order valence-corrected chi connectivity index (χ2v) is 20.0. The summed E-state index contributed by atoms with van der Waals surface area (Å²) in [6, 6.07) is -0.841. The lowest BCUT2D eigenvalue weighted by atomic mass is 10.0. The van der Waals surface area contributed by atoms with Crippen molar-refractivity contribution in [3.05, 3.63) is 48.6 Å². The predicted octanol–water partition coefficient (Wildman–Crippen LogP) is 14.8. The van der Waals surface area contributed by atoms with Gasteiger partial charge >= 0.3 is 7.82 Å². The number of rotatable bonds is 46. The number of aliphatic hydroxyl groups excluding tert-OH is 1. The zero-order chi connectivity index (χ0) is 45.0. The van der Waals surface area contributed by atoms with Crippen molar-refractivity contribution in [3.63, 3.8) is 0 Å². The number of likely N-dealkylation sites (N-methyl/N-ethyl adjacent to an activating group) is 1. The van der Waals surface area contributed by atoms with Gasteiger partial charge < -0.3 is 19.8 Å². The van der Waals surface area contributed by atoms with Gasteiger partial charge in [0.05, 0.1) is 39.9 Å². The molecular formula is C52H100N2O6P+. The van der Waals surface area contributed by atoms with Crippen LogP contribution in [0.3, 0.4) is 0 Å². The van der Waals surface area contributed by atoms with Gasteiger partial charge in [0.15, 0.2) is 0 Å². The molecule has 0 saturated heterocycles. The third kappa shape index (κ3) is 46.3. The van der Waals surface area contributed by atoms with Crippen LogP contribution in [0, 0.1) is 0 Å². The SMILES string of the molecule is CCCC/C=C/C(O)C(COP(=O)(O)OCC[N+](C)(C)C)NC(=O)CCCCCCCCCCCCCCCCCCCCCC/C=C\C/C=C\C/C=C\CCCCCCC. The standard InChI is InChI=1S/C52H99N2O6P/c1-6-8-10-12-13-14-15-16-17-18-19-20-21-22-23-24-25-26-27-28-29-30-31-32-33-34-35-36-37-38-39-40-41-42-44-46-52(56)53-50(51(55)45-43-11-9-7-2)49-60-61(57,58)59-48-47-54(3,4)5/h15-16,18-19,21-22,43,45,50-51,55H,6-14,17,20,23-42,44,46-49H2,1-5H3,(H-,53,56,57,58)/p+1/b16-15-,19-18-,22-21-,45-43+. The van der Waals surface area contributed by atoms with E-state index in [1.165, 1.54) is 154 Å². The summed E-state index contributed by atoms with van der Waals surface area (Å²) in [5.74, 6) is -0.185. The lowest BCUT2D eigenvalue weighted by molar-refractivity contribution is -0.870. The normalized spacial score (nSPS) is 14.5. The number of aliphatic hydroxyl groups is 1. The highest BCUT2D eigenvalue weighted by atomic mass is 31.2. The molecule has 0 aromatic heterocycles. The summed E-state index contributed by atoms with van der Waals surface area (Å²) < 4.78 is 23.3. The molecule has 0 bridgehead atoms. The molecule has 8 nitrogen and oxygen atoms in total. The molecule has 0 aliphatic rings. The highest BCUT2D eigenvalue weighted by Gasteiger charge is 2.27. The Labute approximate surface area is 378 Å². The molecule has 0 aromatic rings. The third-order valence-electron chi connectivity index (χ3n) is 11.3. The molecule has 0 saturated carbocycles. The quantitative estimate of drug-likeness (QED) is 0.0243. The molecule has 0 radical (unpaired) electrons. The minimum Gasteiger partial charge on any atom is -0.387 e. The van der Waals surface area contributed by atoms with E-state index >= 15 is 0 Å². The zero-order valence-corrected chi connectivity index (χ0v) is 41.5. The number of hydrogen-bond donors (Lipinski definition) is 3. The Kier molecular flexibility index (Phi) is 42.6. The van der Waals surface area contributed by atoms with Crippen LogP contribution in [-0.4, -0.2) is 73.4 Å². The number of carbonyl (C=O) groups excluding carboxylic acids is 1. The Morgan fingerprint density at radius 2 is 0.951 bits per heavy atom. The van der Waals surface area contributed by atoms with Crippen molar-refractivity contribution in [2.75, 3.05) is 40.9 Å². The van der Waals surface area contributed by atoms with Crippen molar-refractivity contribution in [1.29, 1.82) is 0 Å². The molecule has 1 amide bonds. The first-order valence-corrected chi connectivity index (χ1v) is 27.0. The Balaban J connectivity index is 3.74. The molecule has 9 heteroatoms. The molecular weight excluding hydrogens is 780 g/mol.